The number of aliphatic hydroxyl groups is 1. The number of aliphatic hydroxyl groups excluding tert-OH is 1. The van der Waals surface area contributed by atoms with E-state index >= 15 is 0 Å². The van der Waals surface area contributed by atoms with Crippen LogP contribution in [0.15, 0.2) is 60.7 Å². The molecule has 0 amide bonds. The number of benzene rings is 2. The maximum Gasteiger partial charge on any atom is 0.105 e. The van der Waals surface area contributed by atoms with Crippen molar-refractivity contribution in [3.05, 3.63) is 71.8 Å². The van der Waals surface area contributed by atoms with Gasteiger partial charge >= 0.3 is 0 Å². The summed E-state index contributed by atoms with van der Waals surface area (Å²) in [4.78, 5) is 0. The Hall–Kier alpha value is -1.64. The van der Waals surface area contributed by atoms with Crippen molar-refractivity contribution in [3.8, 4) is 0 Å². The van der Waals surface area contributed by atoms with Crippen LogP contribution in [0.5, 0.6) is 0 Å². The molecule has 2 rings (SSSR count). The Morgan fingerprint density at radius 3 is 2.16 bits per heavy atom. The molecule has 19 heavy (non-hydrogen) atoms. The second-order valence-electron chi connectivity index (χ2n) is 4.54. The zero-order chi connectivity index (χ0) is 13.3. The fourth-order valence-corrected chi connectivity index (χ4v) is 2.07. The summed E-state index contributed by atoms with van der Waals surface area (Å²) in [5.74, 6) is 0. The van der Waals surface area contributed by atoms with E-state index in [1.165, 1.54) is 5.56 Å². The van der Waals surface area contributed by atoms with Crippen LogP contribution in [-0.2, 0) is 11.2 Å². The van der Waals surface area contributed by atoms with E-state index in [-0.39, 0.29) is 12.7 Å². The van der Waals surface area contributed by atoms with Crippen molar-refractivity contribution < 1.29 is 9.84 Å². The van der Waals surface area contributed by atoms with E-state index in [2.05, 4.69) is 24.3 Å². The highest BCUT2D eigenvalue weighted by Crippen LogP contribution is 2.16. The summed E-state index contributed by atoms with van der Waals surface area (Å²) in [6.45, 7) is 0.685. The topological polar surface area (TPSA) is 29.5 Å². The lowest BCUT2D eigenvalue weighted by molar-refractivity contribution is 0.0107. The van der Waals surface area contributed by atoms with E-state index in [1.54, 1.807) is 0 Å². The fourth-order valence-electron chi connectivity index (χ4n) is 2.07. The number of hydrogen-bond acceptors (Lipinski definition) is 2. The molecule has 2 aromatic carbocycles. The van der Waals surface area contributed by atoms with Crippen molar-refractivity contribution in [1.29, 1.82) is 0 Å². The van der Waals surface area contributed by atoms with Gasteiger partial charge in [-0.05, 0) is 24.0 Å². The zero-order valence-corrected chi connectivity index (χ0v) is 11.0. The highest BCUT2D eigenvalue weighted by Gasteiger charge is 2.09. The minimum absolute atomic E-state index is 0.0232. The molecule has 0 heterocycles. The van der Waals surface area contributed by atoms with Gasteiger partial charge in [0.25, 0.3) is 0 Å². The number of aryl methyl sites for hydroxylation is 1. The molecule has 2 heteroatoms. The maximum atomic E-state index is 9.37. The molecule has 0 bridgehead atoms. The number of rotatable bonds is 7. The van der Waals surface area contributed by atoms with Crippen LogP contribution in [0.4, 0.5) is 0 Å². The summed E-state index contributed by atoms with van der Waals surface area (Å²) in [6.07, 6.45) is 1.76. The van der Waals surface area contributed by atoms with Gasteiger partial charge < -0.3 is 9.84 Å². The molecule has 100 valence electrons. The van der Waals surface area contributed by atoms with Gasteiger partial charge in [-0.3, -0.25) is 0 Å². The zero-order valence-electron chi connectivity index (χ0n) is 11.0. The minimum Gasteiger partial charge on any atom is -0.393 e. The largest absolute Gasteiger partial charge is 0.393 e. The minimum atomic E-state index is -0.211. The van der Waals surface area contributed by atoms with E-state index in [9.17, 15) is 5.11 Å². The smallest absolute Gasteiger partial charge is 0.105 e. The van der Waals surface area contributed by atoms with E-state index in [4.69, 9.17) is 4.74 Å². The van der Waals surface area contributed by atoms with Crippen molar-refractivity contribution in [2.24, 2.45) is 0 Å². The molecule has 2 nitrogen and oxygen atoms in total. The van der Waals surface area contributed by atoms with Crippen LogP contribution in [0.3, 0.4) is 0 Å². The first kappa shape index (κ1) is 13.8. The van der Waals surface area contributed by atoms with Gasteiger partial charge in [0.05, 0.1) is 6.61 Å². The predicted octanol–water partition coefficient (Wildman–Crippen LogP) is 3.37. The van der Waals surface area contributed by atoms with Gasteiger partial charge in [-0.1, -0.05) is 60.7 Å². The van der Waals surface area contributed by atoms with Crippen LogP contribution in [0.1, 0.15) is 23.7 Å². The van der Waals surface area contributed by atoms with Crippen LogP contribution in [0, 0.1) is 0 Å². The average Bonchev–Trinajstić information content (AvgIpc) is 2.49. The van der Waals surface area contributed by atoms with Crippen molar-refractivity contribution in [3.63, 3.8) is 0 Å². The van der Waals surface area contributed by atoms with Crippen molar-refractivity contribution in [1.82, 2.24) is 0 Å². The molecule has 0 aliphatic carbocycles. The van der Waals surface area contributed by atoms with Gasteiger partial charge in [0.1, 0.15) is 6.10 Å². The van der Waals surface area contributed by atoms with Gasteiger partial charge in [0.15, 0.2) is 0 Å². The third kappa shape index (κ3) is 4.51. The summed E-state index contributed by atoms with van der Waals surface area (Å²) in [5.41, 5.74) is 2.36. The Labute approximate surface area is 114 Å². The molecule has 0 fully saturated rings. The van der Waals surface area contributed by atoms with Gasteiger partial charge in [-0.25, -0.2) is 0 Å². The van der Waals surface area contributed by atoms with Gasteiger partial charge in [-0.15, -0.1) is 0 Å². The molecule has 0 saturated carbocycles. The second-order valence-corrected chi connectivity index (χ2v) is 4.54. The van der Waals surface area contributed by atoms with Crippen LogP contribution >= 0.6 is 0 Å². The third-order valence-electron chi connectivity index (χ3n) is 3.11. The molecular weight excluding hydrogens is 236 g/mol. The van der Waals surface area contributed by atoms with Gasteiger partial charge in [0, 0.05) is 6.61 Å². The van der Waals surface area contributed by atoms with E-state index in [0.717, 1.165) is 18.4 Å². The first-order valence-corrected chi connectivity index (χ1v) is 6.71. The van der Waals surface area contributed by atoms with Crippen LogP contribution in [-0.4, -0.2) is 18.3 Å². The van der Waals surface area contributed by atoms with Crippen LogP contribution in [0.25, 0.3) is 0 Å². The molecule has 1 N–H and O–H groups in total. The molecule has 1 atom stereocenters. The lowest BCUT2D eigenvalue weighted by Crippen LogP contribution is -2.10. The normalized spacial score (nSPS) is 12.3. The Morgan fingerprint density at radius 2 is 1.53 bits per heavy atom. The number of ether oxygens (including phenoxy) is 1. The first-order valence-electron chi connectivity index (χ1n) is 6.71. The molecule has 0 aliphatic heterocycles. The third-order valence-corrected chi connectivity index (χ3v) is 3.11. The van der Waals surface area contributed by atoms with Crippen molar-refractivity contribution in [2.45, 2.75) is 18.9 Å². The Balaban J connectivity index is 1.75. The standard InChI is InChI=1S/C17H20O2/c18-14-17(16-11-5-2-6-12-16)19-13-7-10-15-8-3-1-4-9-15/h1-6,8-9,11-12,17-18H,7,10,13-14H2. The molecule has 2 aromatic rings. The highest BCUT2D eigenvalue weighted by atomic mass is 16.5. The molecular formula is C17H20O2. The van der Waals surface area contributed by atoms with Gasteiger partial charge in [-0.2, -0.15) is 0 Å². The van der Waals surface area contributed by atoms with E-state index in [0.29, 0.717) is 6.61 Å². The van der Waals surface area contributed by atoms with Gasteiger partial charge in [0.2, 0.25) is 0 Å². The first-order chi connectivity index (χ1) is 9.40. The average molecular weight is 256 g/mol. The summed E-state index contributed by atoms with van der Waals surface area (Å²) >= 11 is 0. The van der Waals surface area contributed by atoms with E-state index in [1.807, 2.05) is 36.4 Å². The second kappa shape index (κ2) is 7.72. The van der Waals surface area contributed by atoms with Crippen LogP contribution in [0.2, 0.25) is 0 Å². The highest BCUT2D eigenvalue weighted by molar-refractivity contribution is 5.17. The molecule has 0 saturated heterocycles. The summed E-state index contributed by atoms with van der Waals surface area (Å²) in [5, 5.41) is 9.37. The van der Waals surface area contributed by atoms with Crippen LogP contribution < -0.4 is 0 Å². The molecule has 0 radical (unpaired) electrons. The fraction of sp³-hybridized carbons (Fsp3) is 0.294. The Kier molecular flexibility index (Phi) is 5.60. The summed E-state index contributed by atoms with van der Waals surface area (Å²) in [6, 6.07) is 20.2. The molecule has 1 unspecified atom stereocenters. The number of hydrogen-bond donors (Lipinski definition) is 1. The monoisotopic (exact) mass is 256 g/mol. The predicted molar refractivity (Wildman–Crippen MR) is 77.0 cm³/mol. The Morgan fingerprint density at radius 1 is 0.895 bits per heavy atom. The maximum absolute atomic E-state index is 9.37. The SMILES string of the molecule is OCC(OCCCc1ccccc1)c1ccccc1. The summed E-state index contributed by atoms with van der Waals surface area (Å²) in [7, 11) is 0. The lowest BCUT2D eigenvalue weighted by atomic mass is 10.1. The summed E-state index contributed by atoms with van der Waals surface area (Å²) < 4.78 is 5.75. The van der Waals surface area contributed by atoms with E-state index < -0.39 is 0 Å². The lowest BCUT2D eigenvalue weighted by Gasteiger charge is -2.15. The molecule has 0 aromatic heterocycles. The Bertz CT molecular complexity index is 453. The molecule has 0 spiro atoms. The van der Waals surface area contributed by atoms with Crippen molar-refractivity contribution >= 4 is 0 Å². The quantitative estimate of drug-likeness (QED) is 0.770. The van der Waals surface area contributed by atoms with Crippen molar-refractivity contribution in [2.75, 3.05) is 13.2 Å². The molecule has 0 aliphatic rings.